The summed E-state index contributed by atoms with van der Waals surface area (Å²) in [5.41, 5.74) is 2.11. The number of nitrogens with zero attached hydrogens (tertiary/aromatic N) is 2. The van der Waals surface area contributed by atoms with Gasteiger partial charge in [-0.15, -0.1) is 11.3 Å². The molecule has 1 aromatic carbocycles. The third-order valence-corrected chi connectivity index (χ3v) is 5.42. The Morgan fingerprint density at radius 1 is 1.22 bits per heavy atom. The molecule has 0 saturated heterocycles. The van der Waals surface area contributed by atoms with Gasteiger partial charge in [-0.2, -0.15) is 5.10 Å². The van der Waals surface area contributed by atoms with E-state index < -0.39 is 0 Å². The van der Waals surface area contributed by atoms with Crippen LogP contribution in [0, 0.1) is 5.92 Å². The van der Waals surface area contributed by atoms with Crippen molar-refractivity contribution in [3.8, 4) is 0 Å². The fourth-order valence-electron chi connectivity index (χ4n) is 3.05. The van der Waals surface area contributed by atoms with Crippen LogP contribution in [0.4, 0.5) is 0 Å². The first-order valence-corrected chi connectivity index (χ1v) is 9.11. The molecule has 2 aromatic rings. The predicted molar refractivity (Wildman–Crippen MR) is 95.6 cm³/mol. The van der Waals surface area contributed by atoms with Crippen molar-refractivity contribution in [3.05, 3.63) is 58.3 Å². The number of hydrazone groups is 1. The second kappa shape index (κ2) is 7.09. The molecule has 0 N–H and O–H groups in total. The molecule has 0 radical (unpaired) electrons. The smallest absolute Gasteiger partial charge is 0.246 e. The maximum Gasteiger partial charge on any atom is 0.246 e. The molecular formula is C19H22N2OS. The number of rotatable bonds is 5. The van der Waals surface area contributed by atoms with Crippen molar-refractivity contribution in [2.45, 2.75) is 39.2 Å². The summed E-state index contributed by atoms with van der Waals surface area (Å²) in [6.45, 7) is 4.15. The van der Waals surface area contributed by atoms with E-state index in [9.17, 15) is 4.79 Å². The van der Waals surface area contributed by atoms with Crippen LogP contribution < -0.4 is 0 Å². The molecule has 1 aromatic heterocycles. The fraction of sp³-hybridized carbons (Fsp3) is 0.368. The lowest BCUT2D eigenvalue weighted by Crippen LogP contribution is -2.32. The van der Waals surface area contributed by atoms with Crippen LogP contribution in [0.5, 0.6) is 0 Å². The zero-order valence-corrected chi connectivity index (χ0v) is 14.4. The highest BCUT2D eigenvalue weighted by Crippen LogP contribution is 2.36. The van der Waals surface area contributed by atoms with Crippen LogP contribution in [0.15, 0.2) is 52.9 Å². The van der Waals surface area contributed by atoms with Gasteiger partial charge in [-0.05, 0) is 29.9 Å². The monoisotopic (exact) mass is 326 g/mol. The average molecular weight is 326 g/mol. The molecule has 0 fully saturated rings. The summed E-state index contributed by atoms with van der Waals surface area (Å²) in [7, 11) is 0. The first kappa shape index (κ1) is 15.9. The average Bonchev–Trinajstić information content (AvgIpc) is 3.26. The van der Waals surface area contributed by atoms with E-state index in [2.05, 4.69) is 37.4 Å². The van der Waals surface area contributed by atoms with Gasteiger partial charge in [0.2, 0.25) is 5.91 Å². The summed E-state index contributed by atoms with van der Waals surface area (Å²) in [6.07, 6.45) is 2.51. The van der Waals surface area contributed by atoms with Crippen LogP contribution >= 0.6 is 11.3 Å². The van der Waals surface area contributed by atoms with Gasteiger partial charge in [-0.25, -0.2) is 5.01 Å². The van der Waals surface area contributed by atoms with E-state index in [0.717, 1.165) is 30.5 Å². The molecule has 0 bridgehead atoms. The normalized spacial score (nSPS) is 17.6. The molecule has 3 rings (SSSR count). The lowest BCUT2D eigenvalue weighted by molar-refractivity contribution is -0.137. The van der Waals surface area contributed by atoms with Gasteiger partial charge in [-0.1, -0.05) is 50.2 Å². The predicted octanol–water partition coefficient (Wildman–Crippen LogP) is 4.86. The Hall–Kier alpha value is -1.94. The molecule has 120 valence electrons. The van der Waals surface area contributed by atoms with Gasteiger partial charge in [0.15, 0.2) is 0 Å². The summed E-state index contributed by atoms with van der Waals surface area (Å²) in [4.78, 5) is 14.1. The molecule has 1 atom stereocenters. The molecule has 0 spiro atoms. The Kier molecular flexibility index (Phi) is 4.91. The zero-order chi connectivity index (χ0) is 16.2. The number of carbonyl (C=O) groups is 1. The summed E-state index contributed by atoms with van der Waals surface area (Å²) in [5.74, 6) is 0.204. The SMILES string of the molecule is CCC(CC)C(=O)N1N=C(c2ccccc2)C[C@H]1c1cccs1. The van der Waals surface area contributed by atoms with Gasteiger partial charge >= 0.3 is 0 Å². The Morgan fingerprint density at radius 2 is 1.96 bits per heavy atom. The second-order valence-corrected chi connectivity index (χ2v) is 6.82. The van der Waals surface area contributed by atoms with Crippen LogP contribution in [-0.2, 0) is 4.79 Å². The van der Waals surface area contributed by atoms with Gasteiger partial charge in [0.05, 0.1) is 11.8 Å². The van der Waals surface area contributed by atoms with Crippen molar-refractivity contribution in [3.63, 3.8) is 0 Å². The van der Waals surface area contributed by atoms with Crippen molar-refractivity contribution >= 4 is 23.0 Å². The maximum absolute atomic E-state index is 12.9. The third kappa shape index (κ3) is 3.22. The highest BCUT2D eigenvalue weighted by Gasteiger charge is 2.35. The quantitative estimate of drug-likeness (QED) is 0.772. The zero-order valence-electron chi connectivity index (χ0n) is 13.6. The molecule has 1 amide bonds. The van der Waals surface area contributed by atoms with Crippen LogP contribution in [0.1, 0.15) is 49.6 Å². The van der Waals surface area contributed by atoms with E-state index in [1.54, 1.807) is 16.3 Å². The van der Waals surface area contributed by atoms with Crippen LogP contribution in [0.25, 0.3) is 0 Å². The van der Waals surface area contributed by atoms with Crippen LogP contribution in [-0.4, -0.2) is 16.6 Å². The van der Waals surface area contributed by atoms with Crippen molar-refractivity contribution < 1.29 is 4.79 Å². The topological polar surface area (TPSA) is 32.7 Å². The number of hydrogen-bond donors (Lipinski definition) is 0. The van der Waals surface area contributed by atoms with E-state index in [4.69, 9.17) is 5.10 Å². The molecule has 0 aliphatic carbocycles. The molecule has 1 aliphatic rings. The van der Waals surface area contributed by atoms with Crippen molar-refractivity contribution in [1.29, 1.82) is 0 Å². The molecule has 4 heteroatoms. The van der Waals surface area contributed by atoms with E-state index in [-0.39, 0.29) is 17.9 Å². The van der Waals surface area contributed by atoms with Gasteiger partial charge in [0.25, 0.3) is 0 Å². The van der Waals surface area contributed by atoms with Gasteiger partial charge in [0, 0.05) is 17.2 Å². The van der Waals surface area contributed by atoms with Crippen LogP contribution in [0.3, 0.4) is 0 Å². The third-order valence-electron chi connectivity index (χ3n) is 4.45. The van der Waals surface area contributed by atoms with Gasteiger partial charge < -0.3 is 0 Å². The van der Waals surface area contributed by atoms with E-state index in [1.165, 1.54) is 4.88 Å². The molecule has 23 heavy (non-hydrogen) atoms. The highest BCUT2D eigenvalue weighted by atomic mass is 32.1. The number of amides is 1. The van der Waals surface area contributed by atoms with Crippen molar-refractivity contribution in [1.82, 2.24) is 5.01 Å². The molecular weight excluding hydrogens is 304 g/mol. The van der Waals surface area contributed by atoms with Crippen LogP contribution in [0.2, 0.25) is 0 Å². The lowest BCUT2D eigenvalue weighted by Gasteiger charge is -2.24. The minimum absolute atomic E-state index is 0.0401. The lowest BCUT2D eigenvalue weighted by atomic mass is 10.00. The van der Waals surface area contributed by atoms with Crippen molar-refractivity contribution in [2.75, 3.05) is 0 Å². The Labute approximate surface area is 141 Å². The summed E-state index contributed by atoms with van der Waals surface area (Å²) in [5, 5.41) is 8.53. The number of hydrogen-bond acceptors (Lipinski definition) is 3. The second-order valence-electron chi connectivity index (χ2n) is 5.84. The number of thiophene rings is 1. The molecule has 2 heterocycles. The molecule has 0 saturated carbocycles. The fourth-order valence-corrected chi connectivity index (χ4v) is 3.86. The van der Waals surface area contributed by atoms with E-state index in [1.807, 2.05) is 24.3 Å². The van der Waals surface area contributed by atoms with E-state index >= 15 is 0 Å². The van der Waals surface area contributed by atoms with Crippen molar-refractivity contribution in [2.24, 2.45) is 11.0 Å². The minimum Gasteiger partial charge on any atom is -0.273 e. The maximum atomic E-state index is 12.9. The van der Waals surface area contributed by atoms with Gasteiger partial charge in [0.1, 0.15) is 0 Å². The first-order chi connectivity index (χ1) is 11.2. The summed E-state index contributed by atoms with van der Waals surface area (Å²) >= 11 is 1.70. The minimum atomic E-state index is 0.0401. The Morgan fingerprint density at radius 3 is 2.57 bits per heavy atom. The molecule has 0 unspecified atom stereocenters. The van der Waals surface area contributed by atoms with E-state index in [0.29, 0.717) is 0 Å². The number of carbonyl (C=O) groups excluding carboxylic acids is 1. The number of benzene rings is 1. The molecule has 3 nitrogen and oxygen atoms in total. The largest absolute Gasteiger partial charge is 0.273 e. The highest BCUT2D eigenvalue weighted by molar-refractivity contribution is 7.10. The Bertz CT molecular complexity index is 675. The molecule has 1 aliphatic heterocycles. The van der Waals surface area contributed by atoms with Gasteiger partial charge in [-0.3, -0.25) is 4.79 Å². The Balaban J connectivity index is 1.93. The summed E-state index contributed by atoms with van der Waals surface area (Å²) in [6, 6.07) is 14.4. The standard InChI is InChI=1S/C19H22N2OS/c1-3-14(4-2)19(22)21-17(18-11-8-12-23-18)13-16(20-21)15-9-6-5-7-10-15/h5-12,14,17H,3-4,13H2,1-2H3/t17-/m0/s1. The summed E-state index contributed by atoms with van der Waals surface area (Å²) < 4.78 is 0. The first-order valence-electron chi connectivity index (χ1n) is 8.24.